The van der Waals surface area contributed by atoms with Crippen molar-refractivity contribution in [2.24, 2.45) is 0 Å². The molecule has 0 aliphatic carbocycles. The van der Waals surface area contributed by atoms with Gasteiger partial charge in [-0.2, -0.15) is 0 Å². The topological polar surface area (TPSA) is 91.4 Å². The maximum absolute atomic E-state index is 12.8. The van der Waals surface area contributed by atoms with Gasteiger partial charge in [0.05, 0.1) is 17.6 Å². The fraction of sp³-hybridized carbons (Fsp3) is 0.524. The molecule has 2 aromatic rings. The quantitative estimate of drug-likeness (QED) is 0.821. The van der Waals surface area contributed by atoms with Gasteiger partial charge in [0, 0.05) is 57.7 Å². The Morgan fingerprint density at radius 3 is 2.66 bits per heavy atom. The smallest absolute Gasteiger partial charge is 0.249 e. The number of H-pyrrole nitrogens is 1. The summed E-state index contributed by atoms with van der Waals surface area (Å²) >= 11 is 0. The number of aromatic amines is 1. The molecule has 29 heavy (non-hydrogen) atoms. The van der Waals surface area contributed by atoms with E-state index < -0.39 is 5.54 Å². The number of hydrogen-bond acceptors (Lipinski definition) is 5. The molecule has 0 saturated carbocycles. The van der Waals surface area contributed by atoms with Crippen LogP contribution in [0.2, 0.25) is 0 Å². The number of pyridine rings is 1. The number of amides is 2. The molecule has 2 aliphatic rings. The molecule has 2 aliphatic heterocycles. The Morgan fingerprint density at radius 2 is 1.93 bits per heavy atom. The molecule has 4 rings (SSSR count). The molecule has 0 radical (unpaired) electrons. The summed E-state index contributed by atoms with van der Waals surface area (Å²) < 4.78 is 5.11. The number of likely N-dealkylation sites (tertiary alicyclic amines) is 1. The van der Waals surface area contributed by atoms with Crippen LogP contribution in [0.15, 0.2) is 30.9 Å². The van der Waals surface area contributed by atoms with E-state index in [1.54, 1.807) is 25.8 Å². The molecule has 0 aromatic carbocycles. The maximum Gasteiger partial charge on any atom is 0.249 e. The molecule has 2 aromatic heterocycles. The molecule has 0 unspecified atom stereocenters. The summed E-state index contributed by atoms with van der Waals surface area (Å²) in [6.45, 7) is 1.96. The number of imidazole rings is 1. The van der Waals surface area contributed by atoms with Gasteiger partial charge in [0.15, 0.2) is 0 Å². The number of fused-ring (bicyclic) bond motifs is 2. The number of hydrogen-bond donors (Lipinski definition) is 1. The number of rotatable bonds is 5. The van der Waals surface area contributed by atoms with Crippen molar-refractivity contribution >= 4 is 11.8 Å². The second kappa shape index (κ2) is 8.32. The summed E-state index contributed by atoms with van der Waals surface area (Å²) in [7, 11) is 1.54. The molecule has 1 spiro atoms. The van der Waals surface area contributed by atoms with Crippen LogP contribution in [0.5, 0.6) is 0 Å². The van der Waals surface area contributed by atoms with Gasteiger partial charge in [0.1, 0.15) is 6.61 Å². The Labute approximate surface area is 170 Å². The number of carbonyl (C=O) groups excluding carboxylic acids is 2. The van der Waals surface area contributed by atoms with Crippen molar-refractivity contribution in [2.45, 2.75) is 37.6 Å². The zero-order chi connectivity index (χ0) is 20.3. The molecular weight excluding hydrogens is 370 g/mol. The van der Waals surface area contributed by atoms with Crippen LogP contribution in [0.4, 0.5) is 0 Å². The van der Waals surface area contributed by atoms with Gasteiger partial charge >= 0.3 is 0 Å². The van der Waals surface area contributed by atoms with Crippen molar-refractivity contribution in [2.75, 3.05) is 33.4 Å². The van der Waals surface area contributed by atoms with E-state index in [1.165, 1.54) is 0 Å². The zero-order valence-electron chi connectivity index (χ0n) is 16.8. The third-order valence-corrected chi connectivity index (χ3v) is 6.15. The first-order chi connectivity index (χ1) is 14.1. The van der Waals surface area contributed by atoms with Crippen LogP contribution < -0.4 is 0 Å². The lowest BCUT2D eigenvalue weighted by Gasteiger charge is -2.50. The monoisotopic (exact) mass is 397 g/mol. The molecule has 4 heterocycles. The number of methoxy groups -OCH3 is 1. The van der Waals surface area contributed by atoms with E-state index >= 15 is 0 Å². The highest BCUT2D eigenvalue weighted by atomic mass is 16.5. The zero-order valence-corrected chi connectivity index (χ0v) is 16.8. The molecule has 0 bridgehead atoms. The van der Waals surface area contributed by atoms with Gasteiger partial charge in [0.25, 0.3) is 0 Å². The van der Waals surface area contributed by atoms with Crippen molar-refractivity contribution in [3.05, 3.63) is 47.8 Å². The number of ether oxygens (including phenoxy) is 1. The molecule has 0 atom stereocenters. The minimum Gasteiger partial charge on any atom is -0.375 e. The van der Waals surface area contributed by atoms with E-state index in [0.717, 1.165) is 23.4 Å². The number of piperidine rings is 1. The van der Waals surface area contributed by atoms with Crippen molar-refractivity contribution in [3.8, 4) is 0 Å². The fourth-order valence-electron chi connectivity index (χ4n) is 4.63. The average Bonchev–Trinajstić information content (AvgIpc) is 3.24. The predicted molar refractivity (Wildman–Crippen MR) is 106 cm³/mol. The third-order valence-electron chi connectivity index (χ3n) is 6.15. The van der Waals surface area contributed by atoms with Gasteiger partial charge in [-0.15, -0.1) is 0 Å². The third kappa shape index (κ3) is 3.76. The Bertz CT molecular complexity index is 858. The maximum atomic E-state index is 12.8. The van der Waals surface area contributed by atoms with Crippen molar-refractivity contribution < 1.29 is 14.3 Å². The minimum atomic E-state index is -0.453. The highest BCUT2D eigenvalue weighted by Gasteiger charge is 2.48. The molecule has 8 nitrogen and oxygen atoms in total. The Hall–Kier alpha value is -2.74. The van der Waals surface area contributed by atoms with Crippen LogP contribution in [0.25, 0.3) is 0 Å². The largest absolute Gasteiger partial charge is 0.375 e. The highest BCUT2D eigenvalue weighted by Crippen LogP contribution is 2.42. The van der Waals surface area contributed by atoms with Gasteiger partial charge in [-0.05, 0) is 37.0 Å². The molecule has 154 valence electrons. The van der Waals surface area contributed by atoms with Gasteiger partial charge in [-0.25, -0.2) is 4.98 Å². The van der Waals surface area contributed by atoms with Crippen molar-refractivity contribution in [1.82, 2.24) is 24.8 Å². The summed E-state index contributed by atoms with van der Waals surface area (Å²) in [6.07, 6.45) is 8.57. The first-order valence-corrected chi connectivity index (χ1v) is 10.1. The van der Waals surface area contributed by atoms with Gasteiger partial charge < -0.3 is 19.5 Å². The molecular formula is C21H27N5O3. The van der Waals surface area contributed by atoms with E-state index in [1.807, 2.05) is 21.9 Å². The summed E-state index contributed by atoms with van der Waals surface area (Å²) in [5, 5.41) is 0. The number of aryl methyl sites for hydroxylation is 1. The van der Waals surface area contributed by atoms with E-state index in [9.17, 15) is 9.59 Å². The highest BCUT2D eigenvalue weighted by molar-refractivity contribution is 5.79. The fourth-order valence-corrected chi connectivity index (χ4v) is 4.63. The summed E-state index contributed by atoms with van der Waals surface area (Å²) in [5.41, 5.74) is 2.72. The second-order valence-corrected chi connectivity index (χ2v) is 7.73. The second-order valence-electron chi connectivity index (χ2n) is 7.73. The van der Waals surface area contributed by atoms with Gasteiger partial charge in [-0.3, -0.25) is 14.6 Å². The standard InChI is InChI=1S/C21H27N5O3/c1-29-14-19(28)26-11-6-17-20(24-15-23-17)21(26)7-12-25(13-8-21)18(27)3-2-16-4-9-22-10-5-16/h4-5,9-10,15H,2-3,6-8,11-14H2,1H3,(H,23,24). The van der Waals surface area contributed by atoms with E-state index in [2.05, 4.69) is 15.0 Å². The average molecular weight is 397 g/mol. The summed E-state index contributed by atoms with van der Waals surface area (Å²) in [5.74, 6) is 0.142. The summed E-state index contributed by atoms with van der Waals surface area (Å²) in [4.78, 5) is 41.2. The Balaban J connectivity index is 1.45. The SMILES string of the molecule is COCC(=O)N1CCc2[nH]cnc2C12CCN(C(=O)CCc1ccncc1)CC2. The minimum absolute atomic E-state index is 0.0152. The molecule has 2 amide bonds. The lowest BCUT2D eigenvalue weighted by atomic mass is 9.78. The van der Waals surface area contributed by atoms with Gasteiger partial charge in [-0.1, -0.05) is 0 Å². The van der Waals surface area contributed by atoms with E-state index in [4.69, 9.17) is 4.74 Å². The lowest BCUT2D eigenvalue weighted by Crippen LogP contribution is -2.59. The van der Waals surface area contributed by atoms with Crippen LogP contribution in [-0.4, -0.2) is 69.9 Å². The number of carbonyl (C=O) groups is 2. The predicted octanol–water partition coefficient (Wildman–Crippen LogP) is 1.29. The molecule has 1 saturated heterocycles. The number of nitrogens with one attached hydrogen (secondary N) is 1. The first-order valence-electron chi connectivity index (χ1n) is 10.1. The Morgan fingerprint density at radius 1 is 1.17 bits per heavy atom. The number of aromatic nitrogens is 3. The summed E-state index contributed by atoms with van der Waals surface area (Å²) in [6, 6.07) is 3.89. The van der Waals surface area contributed by atoms with Crippen LogP contribution in [0.1, 0.15) is 36.2 Å². The Kier molecular flexibility index (Phi) is 5.62. The normalized spacial score (nSPS) is 18.0. The molecule has 1 N–H and O–H groups in total. The number of nitrogens with zero attached hydrogens (tertiary/aromatic N) is 4. The van der Waals surface area contributed by atoms with Crippen molar-refractivity contribution in [1.29, 1.82) is 0 Å². The van der Waals surface area contributed by atoms with Crippen molar-refractivity contribution in [3.63, 3.8) is 0 Å². The molecule has 8 heteroatoms. The first kappa shape index (κ1) is 19.6. The van der Waals surface area contributed by atoms with Crippen LogP contribution >= 0.6 is 0 Å². The van der Waals surface area contributed by atoms with Crippen LogP contribution in [0, 0.1) is 0 Å². The van der Waals surface area contributed by atoms with E-state index in [-0.39, 0.29) is 18.4 Å². The lowest BCUT2D eigenvalue weighted by molar-refractivity contribution is -0.147. The van der Waals surface area contributed by atoms with Crippen LogP contribution in [0.3, 0.4) is 0 Å². The van der Waals surface area contributed by atoms with E-state index in [0.29, 0.717) is 45.3 Å². The van der Waals surface area contributed by atoms with Gasteiger partial charge in [0.2, 0.25) is 11.8 Å². The molecule has 1 fully saturated rings. The van der Waals surface area contributed by atoms with Crippen LogP contribution in [-0.2, 0) is 32.7 Å².